The SMILES string of the molecule is Cn1nc(C(NN)C2CCCCCC2)c2ccccc21. The predicted molar refractivity (Wildman–Crippen MR) is 82.0 cm³/mol. The van der Waals surface area contributed by atoms with Gasteiger partial charge >= 0.3 is 0 Å². The number of para-hydroxylation sites is 1. The molecular weight excluding hydrogens is 248 g/mol. The topological polar surface area (TPSA) is 55.9 Å². The van der Waals surface area contributed by atoms with Crippen molar-refractivity contribution in [1.82, 2.24) is 15.2 Å². The number of nitrogens with zero attached hydrogens (tertiary/aromatic N) is 2. The monoisotopic (exact) mass is 272 g/mol. The fourth-order valence-electron chi connectivity index (χ4n) is 3.55. The van der Waals surface area contributed by atoms with E-state index in [-0.39, 0.29) is 6.04 Å². The highest BCUT2D eigenvalue weighted by Gasteiger charge is 2.27. The second-order valence-electron chi connectivity index (χ2n) is 5.92. The lowest BCUT2D eigenvalue weighted by Gasteiger charge is -2.24. The van der Waals surface area contributed by atoms with E-state index in [9.17, 15) is 0 Å². The first-order valence-electron chi connectivity index (χ1n) is 7.69. The molecule has 1 heterocycles. The number of benzene rings is 1. The van der Waals surface area contributed by atoms with Gasteiger partial charge in [0.1, 0.15) is 0 Å². The van der Waals surface area contributed by atoms with Gasteiger partial charge in [0, 0.05) is 12.4 Å². The van der Waals surface area contributed by atoms with Crippen LogP contribution in [-0.2, 0) is 7.05 Å². The molecule has 0 aliphatic heterocycles. The smallest absolute Gasteiger partial charge is 0.0888 e. The van der Waals surface area contributed by atoms with E-state index < -0.39 is 0 Å². The van der Waals surface area contributed by atoms with E-state index in [1.165, 1.54) is 49.4 Å². The van der Waals surface area contributed by atoms with Crippen molar-refractivity contribution >= 4 is 10.9 Å². The van der Waals surface area contributed by atoms with Gasteiger partial charge in [-0.2, -0.15) is 5.10 Å². The van der Waals surface area contributed by atoms with E-state index in [0.717, 1.165) is 5.69 Å². The number of rotatable bonds is 3. The van der Waals surface area contributed by atoms with Crippen molar-refractivity contribution in [2.45, 2.75) is 44.6 Å². The molecule has 0 spiro atoms. The number of hydrogen-bond donors (Lipinski definition) is 2. The van der Waals surface area contributed by atoms with Gasteiger partial charge in [0.25, 0.3) is 0 Å². The van der Waals surface area contributed by atoms with Crippen LogP contribution >= 0.6 is 0 Å². The minimum absolute atomic E-state index is 0.166. The van der Waals surface area contributed by atoms with Gasteiger partial charge in [-0.15, -0.1) is 0 Å². The molecule has 0 saturated heterocycles. The molecule has 4 nitrogen and oxygen atoms in total. The molecule has 0 radical (unpaired) electrons. The molecule has 1 aliphatic carbocycles. The molecule has 108 valence electrons. The molecule has 0 amide bonds. The van der Waals surface area contributed by atoms with Gasteiger partial charge in [0.05, 0.1) is 17.3 Å². The third kappa shape index (κ3) is 2.45. The van der Waals surface area contributed by atoms with Crippen molar-refractivity contribution in [2.24, 2.45) is 18.8 Å². The van der Waals surface area contributed by atoms with Crippen LogP contribution in [0.2, 0.25) is 0 Å². The van der Waals surface area contributed by atoms with Crippen LogP contribution in [0, 0.1) is 5.92 Å². The molecule has 3 N–H and O–H groups in total. The van der Waals surface area contributed by atoms with Crippen molar-refractivity contribution in [3.8, 4) is 0 Å². The predicted octanol–water partition coefficient (Wildman–Crippen LogP) is 3.05. The van der Waals surface area contributed by atoms with Crippen LogP contribution in [0.25, 0.3) is 10.9 Å². The molecule has 4 heteroatoms. The van der Waals surface area contributed by atoms with Crippen molar-refractivity contribution in [3.63, 3.8) is 0 Å². The normalized spacial score (nSPS) is 19.1. The quantitative estimate of drug-likeness (QED) is 0.513. The Hall–Kier alpha value is -1.39. The van der Waals surface area contributed by atoms with Gasteiger partial charge in [-0.3, -0.25) is 16.0 Å². The molecule has 1 unspecified atom stereocenters. The standard InChI is InChI=1S/C16H24N4/c1-20-14-11-7-6-10-13(14)16(19-20)15(18-17)12-8-4-2-3-5-9-12/h6-7,10-12,15,18H,2-5,8-9,17H2,1H3. The van der Waals surface area contributed by atoms with Crippen LogP contribution in [0.15, 0.2) is 24.3 Å². The second kappa shape index (κ2) is 5.94. The molecule has 1 aromatic carbocycles. The number of fused-ring (bicyclic) bond motifs is 1. The lowest BCUT2D eigenvalue weighted by Crippen LogP contribution is -2.34. The van der Waals surface area contributed by atoms with Crippen molar-refractivity contribution in [1.29, 1.82) is 0 Å². The summed E-state index contributed by atoms with van der Waals surface area (Å²) < 4.78 is 1.96. The molecule has 0 bridgehead atoms. The van der Waals surface area contributed by atoms with Crippen LogP contribution < -0.4 is 11.3 Å². The Bertz CT molecular complexity index is 567. The first-order chi connectivity index (χ1) is 9.81. The maximum Gasteiger partial charge on any atom is 0.0888 e. The molecule has 2 aromatic rings. The number of aromatic nitrogens is 2. The average molecular weight is 272 g/mol. The molecule has 1 atom stereocenters. The first-order valence-corrected chi connectivity index (χ1v) is 7.69. The minimum Gasteiger partial charge on any atom is -0.271 e. The number of hydrogen-bond acceptors (Lipinski definition) is 3. The highest BCUT2D eigenvalue weighted by molar-refractivity contribution is 5.82. The highest BCUT2D eigenvalue weighted by atomic mass is 15.3. The second-order valence-corrected chi connectivity index (χ2v) is 5.92. The van der Waals surface area contributed by atoms with Crippen molar-refractivity contribution < 1.29 is 0 Å². The van der Waals surface area contributed by atoms with E-state index in [0.29, 0.717) is 5.92 Å². The van der Waals surface area contributed by atoms with Gasteiger partial charge in [-0.1, -0.05) is 43.9 Å². The number of hydrazine groups is 1. The van der Waals surface area contributed by atoms with E-state index in [1.807, 2.05) is 11.7 Å². The van der Waals surface area contributed by atoms with Crippen LogP contribution in [0.4, 0.5) is 0 Å². The maximum atomic E-state index is 5.89. The summed E-state index contributed by atoms with van der Waals surface area (Å²) in [7, 11) is 2.01. The zero-order chi connectivity index (χ0) is 13.9. The minimum atomic E-state index is 0.166. The summed E-state index contributed by atoms with van der Waals surface area (Å²) in [6.07, 6.45) is 7.84. The lowest BCUT2D eigenvalue weighted by molar-refractivity contribution is 0.323. The van der Waals surface area contributed by atoms with Gasteiger partial charge in [0.2, 0.25) is 0 Å². The summed E-state index contributed by atoms with van der Waals surface area (Å²) >= 11 is 0. The van der Waals surface area contributed by atoms with E-state index in [4.69, 9.17) is 10.9 Å². The van der Waals surface area contributed by atoms with Gasteiger partial charge in [-0.25, -0.2) is 0 Å². The van der Waals surface area contributed by atoms with E-state index in [2.05, 4.69) is 29.7 Å². The Morgan fingerprint density at radius 1 is 1.20 bits per heavy atom. The van der Waals surface area contributed by atoms with Crippen LogP contribution in [0.3, 0.4) is 0 Å². The van der Waals surface area contributed by atoms with Crippen molar-refractivity contribution in [3.05, 3.63) is 30.0 Å². The zero-order valence-corrected chi connectivity index (χ0v) is 12.2. The Kier molecular flexibility index (Phi) is 4.03. The Balaban J connectivity index is 1.98. The third-order valence-corrected chi connectivity index (χ3v) is 4.63. The van der Waals surface area contributed by atoms with Crippen LogP contribution in [-0.4, -0.2) is 9.78 Å². The molecule has 1 aromatic heterocycles. The average Bonchev–Trinajstić information content (AvgIpc) is 2.68. The molecule has 20 heavy (non-hydrogen) atoms. The Labute approximate surface area is 120 Å². The fourth-order valence-corrected chi connectivity index (χ4v) is 3.55. The fraction of sp³-hybridized carbons (Fsp3) is 0.562. The first kappa shape index (κ1) is 13.6. The number of aryl methyl sites for hydroxylation is 1. The number of nitrogens with two attached hydrogens (primary N) is 1. The summed E-state index contributed by atoms with van der Waals surface area (Å²) in [5.41, 5.74) is 5.33. The number of nitrogens with one attached hydrogen (secondary N) is 1. The molecular formula is C16H24N4. The molecule has 3 rings (SSSR count). The van der Waals surface area contributed by atoms with Crippen molar-refractivity contribution in [2.75, 3.05) is 0 Å². The largest absolute Gasteiger partial charge is 0.271 e. The van der Waals surface area contributed by atoms with E-state index >= 15 is 0 Å². The van der Waals surface area contributed by atoms with Crippen LogP contribution in [0.5, 0.6) is 0 Å². The van der Waals surface area contributed by atoms with Crippen LogP contribution in [0.1, 0.15) is 50.3 Å². The van der Waals surface area contributed by atoms with E-state index in [1.54, 1.807) is 0 Å². The summed E-state index contributed by atoms with van der Waals surface area (Å²) in [5.74, 6) is 6.49. The maximum absolute atomic E-state index is 5.89. The Morgan fingerprint density at radius 2 is 1.90 bits per heavy atom. The van der Waals surface area contributed by atoms with Gasteiger partial charge < -0.3 is 0 Å². The molecule has 1 aliphatic rings. The zero-order valence-electron chi connectivity index (χ0n) is 12.2. The highest BCUT2D eigenvalue weighted by Crippen LogP contribution is 2.35. The third-order valence-electron chi connectivity index (χ3n) is 4.63. The van der Waals surface area contributed by atoms with Gasteiger partial charge in [0.15, 0.2) is 0 Å². The Morgan fingerprint density at radius 3 is 2.60 bits per heavy atom. The summed E-state index contributed by atoms with van der Waals surface area (Å²) in [5, 5.41) is 5.97. The lowest BCUT2D eigenvalue weighted by atomic mass is 9.89. The molecule has 1 saturated carbocycles. The summed E-state index contributed by atoms with van der Waals surface area (Å²) in [4.78, 5) is 0. The molecule has 1 fully saturated rings. The summed E-state index contributed by atoms with van der Waals surface area (Å²) in [6.45, 7) is 0. The van der Waals surface area contributed by atoms with Gasteiger partial charge in [-0.05, 0) is 24.8 Å². The summed E-state index contributed by atoms with van der Waals surface area (Å²) in [6, 6.07) is 8.57.